The number of carbonyl (C=O) groups excluding carboxylic acids is 2. The van der Waals surface area contributed by atoms with Gasteiger partial charge in [0.1, 0.15) is 5.75 Å². The van der Waals surface area contributed by atoms with Crippen LogP contribution in [0.1, 0.15) is 39.0 Å². The number of hydrogen-bond donors (Lipinski definition) is 2. The van der Waals surface area contributed by atoms with Crippen molar-refractivity contribution in [3.05, 3.63) is 54.6 Å². The zero-order valence-electron chi connectivity index (χ0n) is 15.2. The molecule has 2 aromatic carbocycles. The van der Waals surface area contributed by atoms with Crippen LogP contribution in [0, 0.1) is 0 Å². The molecule has 0 radical (unpaired) electrons. The molecule has 2 N–H and O–H groups in total. The number of para-hydroxylation sites is 1. The number of unbranched alkanes of at least 4 members (excludes halogenated alkanes) is 3. The number of hydrogen-bond acceptors (Lipinski definition) is 3. The highest BCUT2D eigenvalue weighted by molar-refractivity contribution is 5.83. The maximum atomic E-state index is 11.9. The third-order valence-corrected chi connectivity index (χ3v) is 3.93. The summed E-state index contributed by atoms with van der Waals surface area (Å²) in [6.07, 6.45) is 4.51. The Morgan fingerprint density at radius 2 is 1.54 bits per heavy atom. The van der Waals surface area contributed by atoms with Crippen molar-refractivity contribution in [2.75, 3.05) is 6.61 Å². The fourth-order valence-corrected chi connectivity index (χ4v) is 2.54. The Morgan fingerprint density at radius 1 is 0.846 bits per heavy atom. The summed E-state index contributed by atoms with van der Waals surface area (Å²) in [5, 5.41) is 0. The molecular weight excluding hydrogens is 328 g/mol. The zero-order chi connectivity index (χ0) is 18.6. The topological polar surface area (TPSA) is 67.4 Å². The van der Waals surface area contributed by atoms with Crippen molar-refractivity contribution >= 4 is 11.8 Å². The number of carbonyl (C=O) groups is 2. The van der Waals surface area contributed by atoms with E-state index >= 15 is 0 Å². The summed E-state index contributed by atoms with van der Waals surface area (Å²) in [6.45, 7) is 1.95. The molecule has 0 atom stereocenters. The zero-order valence-corrected chi connectivity index (χ0v) is 15.2. The van der Waals surface area contributed by atoms with Gasteiger partial charge in [-0.05, 0) is 18.1 Å². The van der Waals surface area contributed by atoms with Crippen molar-refractivity contribution in [1.29, 1.82) is 0 Å². The van der Waals surface area contributed by atoms with Crippen LogP contribution >= 0.6 is 0 Å². The number of benzene rings is 2. The Bertz CT molecular complexity index is 701. The van der Waals surface area contributed by atoms with Crippen LogP contribution in [0.5, 0.6) is 5.75 Å². The molecule has 0 heterocycles. The number of amides is 2. The highest BCUT2D eigenvalue weighted by Gasteiger charge is 2.09. The average Bonchev–Trinajstić information content (AvgIpc) is 2.69. The summed E-state index contributed by atoms with van der Waals surface area (Å²) < 4.78 is 5.64. The molecule has 2 amide bonds. The van der Waals surface area contributed by atoms with Crippen LogP contribution in [0.4, 0.5) is 0 Å². The molecule has 2 rings (SSSR count). The third kappa shape index (κ3) is 6.59. The number of rotatable bonds is 9. The molecule has 0 aromatic heterocycles. The van der Waals surface area contributed by atoms with Gasteiger partial charge in [-0.1, -0.05) is 74.7 Å². The van der Waals surface area contributed by atoms with E-state index in [1.165, 1.54) is 0 Å². The predicted octanol–water partition coefficient (Wildman–Crippen LogP) is 3.85. The summed E-state index contributed by atoms with van der Waals surface area (Å²) in [6, 6.07) is 17.4. The van der Waals surface area contributed by atoms with Crippen LogP contribution in [-0.2, 0) is 9.59 Å². The summed E-state index contributed by atoms with van der Waals surface area (Å²) in [5.41, 5.74) is 6.75. The fourth-order valence-electron chi connectivity index (χ4n) is 2.54. The highest BCUT2D eigenvalue weighted by atomic mass is 16.5. The van der Waals surface area contributed by atoms with Crippen molar-refractivity contribution in [2.24, 2.45) is 0 Å². The second kappa shape index (κ2) is 10.9. The highest BCUT2D eigenvalue weighted by Crippen LogP contribution is 2.29. The lowest BCUT2D eigenvalue weighted by Gasteiger charge is -2.12. The van der Waals surface area contributed by atoms with E-state index in [2.05, 4.69) is 17.8 Å². The number of nitrogens with one attached hydrogen (secondary N) is 2. The lowest BCUT2D eigenvalue weighted by atomic mass is 10.1. The van der Waals surface area contributed by atoms with E-state index in [9.17, 15) is 9.59 Å². The molecule has 0 unspecified atom stereocenters. The smallest absolute Gasteiger partial charge is 0.276 e. The lowest BCUT2D eigenvalue weighted by Crippen LogP contribution is -2.43. The molecular formula is C21H26N2O3. The van der Waals surface area contributed by atoms with Crippen LogP contribution in [0.15, 0.2) is 54.6 Å². The minimum Gasteiger partial charge on any atom is -0.483 e. The Hall–Kier alpha value is -2.82. The molecule has 5 nitrogen and oxygen atoms in total. The van der Waals surface area contributed by atoms with Crippen molar-refractivity contribution in [3.63, 3.8) is 0 Å². The van der Waals surface area contributed by atoms with E-state index in [0.29, 0.717) is 12.2 Å². The first-order chi connectivity index (χ1) is 12.7. The number of hydrazine groups is 1. The SMILES string of the molecule is CCCCCCC(=O)NNC(=O)COc1ccccc1-c1ccccc1. The maximum Gasteiger partial charge on any atom is 0.276 e. The predicted molar refractivity (Wildman–Crippen MR) is 102 cm³/mol. The van der Waals surface area contributed by atoms with Crippen molar-refractivity contribution in [2.45, 2.75) is 39.0 Å². The van der Waals surface area contributed by atoms with Gasteiger partial charge in [-0.2, -0.15) is 0 Å². The van der Waals surface area contributed by atoms with Crippen LogP contribution in [0.3, 0.4) is 0 Å². The minimum absolute atomic E-state index is 0.167. The standard InChI is InChI=1S/C21H26N2O3/c1-2-3-4-8-15-20(24)22-23-21(25)16-26-19-14-10-9-13-18(19)17-11-6-5-7-12-17/h5-7,9-14H,2-4,8,15-16H2,1H3,(H,22,24)(H,23,25). The molecule has 0 aliphatic carbocycles. The Balaban J connectivity index is 1.79. The average molecular weight is 354 g/mol. The van der Waals surface area contributed by atoms with Gasteiger partial charge in [-0.25, -0.2) is 0 Å². The van der Waals surface area contributed by atoms with E-state index in [0.717, 1.165) is 36.8 Å². The molecule has 0 aliphatic rings. The van der Waals surface area contributed by atoms with E-state index in [1.807, 2.05) is 54.6 Å². The normalized spacial score (nSPS) is 10.2. The van der Waals surface area contributed by atoms with Gasteiger partial charge in [0.2, 0.25) is 5.91 Å². The molecule has 0 fully saturated rings. The van der Waals surface area contributed by atoms with E-state index in [-0.39, 0.29) is 12.5 Å². The molecule has 0 spiro atoms. The van der Waals surface area contributed by atoms with E-state index in [1.54, 1.807) is 0 Å². The molecule has 0 aliphatic heterocycles. The summed E-state index contributed by atoms with van der Waals surface area (Å²) in [7, 11) is 0. The molecule has 0 saturated heterocycles. The molecule has 26 heavy (non-hydrogen) atoms. The number of ether oxygens (including phenoxy) is 1. The summed E-state index contributed by atoms with van der Waals surface area (Å²) in [4.78, 5) is 23.6. The maximum absolute atomic E-state index is 11.9. The molecule has 2 aromatic rings. The van der Waals surface area contributed by atoms with Crippen LogP contribution in [-0.4, -0.2) is 18.4 Å². The third-order valence-electron chi connectivity index (χ3n) is 3.93. The lowest BCUT2D eigenvalue weighted by molar-refractivity contribution is -0.130. The van der Waals surface area contributed by atoms with Gasteiger partial charge in [-0.3, -0.25) is 20.4 Å². The summed E-state index contributed by atoms with van der Waals surface area (Å²) >= 11 is 0. The van der Waals surface area contributed by atoms with Gasteiger partial charge in [0.25, 0.3) is 5.91 Å². The Kier molecular flexibility index (Phi) is 8.19. The molecule has 138 valence electrons. The molecule has 0 saturated carbocycles. The van der Waals surface area contributed by atoms with Gasteiger partial charge in [-0.15, -0.1) is 0 Å². The van der Waals surface area contributed by atoms with Gasteiger partial charge >= 0.3 is 0 Å². The molecule has 0 bridgehead atoms. The van der Waals surface area contributed by atoms with Crippen LogP contribution < -0.4 is 15.6 Å². The second-order valence-electron chi connectivity index (χ2n) is 6.06. The fraction of sp³-hybridized carbons (Fsp3) is 0.333. The van der Waals surface area contributed by atoms with Crippen molar-refractivity contribution < 1.29 is 14.3 Å². The largest absolute Gasteiger partial charge is 0.483 e. The van der Waals surface area contributed by atoms with Gasteiger partial charge in [0, 0.05) is 12.0 Å². The van der Waals surface area contributed by atoms with Crippen molar-refractivity contribution in [1.82, 2.24) is 10.9 Å². The Morgan fingerprint density at radius 3 is 2.31 bits per heavy atom. The summed E-state index contributed by atoms with van der Waals surface area (Å²) in [5.74, 6) is 0.0497. The van der Waals surface area contributed by atoms with Gasteiger partial charge in [0.15, 0.2) is 6.61 Å². The van der Waals surface area contributed by atoms with Gasteiger partial charge < -0.3 is 4.74 Å². The first kappa shape index (κ1) is 19.5. The minimum atomic E-state index is -0.394. The monoisotopic (exact) mass is 354 g/mol. The van der Waals surface area contributed by atoms with E-state index < -0.39 is 5.91 Å². The second-order valence-corrected chi connectivity index (χ2v) is 6.06. The first-order valence-corrected chi connectivity index (χ1v) is 9.05. The van der Waals surface area contributed by atoms with Crippen molar-refractivity contribution in [3.8, 4) is 16.9 Å². The first-order valence-electron chi connectivity index (χ1n) is 9.05. The van der Waals surface area contributed by atoms with Crippen LogP contribution in [0.25, 0.3) is 11.1 Å². The van der Waals surface area contributed by atoms with Gasteiger partial charge in [0.05, 0.1) is 0 Å². The Labute approximate surface area is 154 Å². The molecule has 5 heteroatoms. The van der Waals surface area contributed by atoms with E-state index in [4.69, 9.17) is 4.74 Å². The van der Waals surface area contributed by atoms with Crippen LogP contribution in [0.2, 0.25) is 0 Å². The quantitative estimate of drug-likeness (QED) is 0.531.